The minimum atomic E-state index is -0.925. The van der Waals surface area contributed by atoms with Gasteiger partial charge in [-0.05, 0) is 37.3 Å². The van der Waals surface area contributed by atoms with Crippen LogP contribution in [0.25, 0.3) is 10.9 Å². The third-order valence-corrected chi connectivity index (χ3v) is 5.85. The normalized spacial score (nSPS) is 13.5. The lowest BCUT2D eigenvalue weighted by Crippen LogP contribution is -2.49. The summed E-state index contributed by atoms with van der Waals surface area (Å²) in [6, 6.07) is 9.42. The SMILES string of the molecule is CC(C)CCn1c(SCC(=O)NC(C)(C#N)C(C)C)nc2ccccc2c1=O. The predicted molar refractivity (Wildman–Crippen MR) is 113 cm³/mol. The number of benzene rings is 1. The number of hydrogen-bond acceptors (Lipinski definition) is 5. The zero-order valence-corrected chi connectivity index (χ0v) is 18.0. The molecule has 2 aromatic rings. The van der Waals surface area contributed by atoms with Crippen molar-refractivity contribution in [2.24, 2.45) is 11.8 Å². The minimum Gasteiger partial charge on any atom is -0.337 e. The molecular formula is C21H28N4O2S. The van der Waals surface area contributed by atoms with Gasteiger partial charge in [-0.1, -0.05) is 51.6 Å². The van der Waals surface area contributed by atoms with Crippen molar-refractivity contribution in [3.8, 4) is 6.07 Å². The molecule has 1 N–H and O–H groups in total. The molecule has 6 nitrogen and oxygen atoms in total. The number of aromatic nitrogens is 2. The summed E-state index contributed by atoms with van der Waals surface area (Å²) in [5.74, 6) is 0.271. The van der Waals surface area contributed by atoms with Gasteiger partial charge in [0.15, 0.2) is 5.16 Å². The maximum absolute atomic E-state index is 12.9. The van der Waals surface area contributed by atoms with E-state index in [1.54, 1.807) is 23.6 Å². The molecule has 1 aromatic heterocycles. The summed E-state index contributed by atoms with van der Waals surface area (Å²) in [5.41, 5.74) is -0.385. The van der Waals surface area contributed by atoms with Gasteiger partial charge in [-0.2, -0.15) is 5.26 Å². The van der Waals surface area contributed by atoms with Crippen LogP contribution < -0.4 is 10.9 Å². The van der Waals surface area contributed by atoms with E-state index in [0.717, 1.165) is 6.42 Å². The molecule has 0 radical (unpaired) electrons. The van der Waals surface area contributed by atoms with Crippen molar-refractivity contribution < 1.29 is 4.79 Å². The highest BCUT2D eigenvalue weighted by Crippen LogP contribution is 2.20. The molecular weight excluding hydrogens is 372 g/mol. The number of thioether (sulfide) groups is 1. The number of nitrogens with one attached hydrogen (secondary N) is 1. The molecule has 0 fully saturated rings. The Hall–Kier alpha value is -2.33. The van der Waals surface area contributed by atoms with Crippen molar-refractivity contribution in [1.82, 2.24) is 14.9 Å². The number of carbonyl (C=O) groups excluding carboxylic acids is 1. The second kappa shape index (κ2) is 9.24. The predicted octanol–water partition coefficient (Wildman–Crippen LogP) is 3.59. The zero-order chi connectivity index (χ0) is 20.9. The Morgan fingerprint density at radius 3 is 2.61 bits per heavy atom. The molecule has 1 unspecified atom stereocenters. The Labute approximate surface area is 170 Å². The van der Waals surface area contributed by atoms with Crippen molar-refractivity contribution >= 4 is 28.6 Å². The average Bonchev–Trinajstić information content (AvgIpc) is 2.65. The molecule has 1 aromatic carbocycles. The van der Waals surface area contributed by atoms with Crippen LogP contribution in [0.15, 0.2) is 34.2 Å². The molecule has 0 aliphatic rings. The largest absolute Gasteiger partial charge is 0.337 e. The Kier molecular flexibility index (Phi) is 7.25. The van der Waals surface area contributed by atoms with Gasteiger partial charge in [0.05, 0.1) is 22.7 Å². The van der Waals surface area contributed by atoms with E-state index in [2.05, 4.69) is 30.2 Å². The minimum absolute atomic E-state index is 0.0190. The molecule has 0 aliphatic heterocycles. The molecule has 1 atom stereocenters. The smallest absolute Gasteiger partial charge is 0.262 e. The van der Waals surface area contributed by atoms with Crippen LogP contribution in [-0.4, -0.2) is 26.8 Å². The van der Waals surface area contributed by atoms with E-state index in [1.165, 1.54) is 11.8 Å². The van der Waals surface area contributed by atoms with E-state index in [1.807, 2.05) is 26.0 Å². The second-order valence-electron chi connectivity index (χ2n) is 7.86. The first-order valence-corrected chi connectivity index (χ1v) is 10.5. The fourth-order valence-corrected chi connectivity index (χ4v) is 3.42. The van der Waals surface area contributed by atoms with Gasteiger partial charge in [0.25, 0.3) is 5.56 Å². The topological polar surface area (TPSA) is 87.8 Å². The molecule has 2 rings (SSSR count). The highest BCUT2D eigenvalue weighted by molar-refractivity contribution is 7.99. The van der Waals surface area contributed by atoms with Crippen LogP contribution in [0.3, 0.4) is 0 Å². The van der Waals surface area contributed by atoms with Gasteiger partial charge in [-0.15, -0.1) is 0 Å². The maximum Gasteiger partial charge on any atom is 0.262 e. The van der Waals surface area contributed by atoms with Crippen molar-refractivity contribution in [1.29, 1.82) is 5.26 Å². The summed E-state index contributed by atoms with van der Waals surface area (Å²) >= 11 is 1.23. The Bertz CT molecular complexity index is 946. The van der Waals surface area contributed by atoms with E-state index >= 15 is 0 Å². The maximum atomic E-state index is 12.9. The third kappa shape index (κ3) is 5.14. The van der Waals surface area contributed by atoms with Crippen LogP contribution in [0.4, 0.5) is 0 Å². The number of rotatable bonds is 8. The Balaban J connectivity index is 2.27. The van der Waals surface area contributed by atoms with Gasteiger partial charge < -0.3 is 5.32 Å². The average molecular weight is 401 g/mol. The van der Waals surface area contributed by atoms with Crippen LogP contribution in [0.5, 0.6) is 0 Å². The lowest BCUT2D eigenvalue weighted by molar-refractivity contribution is -0.120. The van der Waals surface area contributed by atoms with Gasteiger partial charge >= 0.3 is 0 Å². The molecule has 28 heavy (non-hydrogen) atoms. The first-order chi connectivity index (χ1) is 13.2. The van der Waals surface area contributed by atoms with Crippen LogP contribution in [-0.2, 0) is 11.3 Å². The fraction of sp³-hybridized carbons (Fsp3) is 0.524. The van der Waals surface area contributed by atoms with E-state index in [-0.39, 0.29) is 23.1 Å². The first kappa shape index (κ1) is 22.0. The van der Waals surface area contributed by atoms with E-state index in [0.29, 0.717) is 28.5 Å². The molecule has 0 spiro atoms. The summed E-state index contributed by atoms with van der Waals surface area (Å²) in [6.07, 6.45) is 0.847. The van der Waals surface area contributed by atoms with Gasteiger partial charge in [0, 0.05) is 6.54 Å². The van der Waals surface area contributed by atoms with Gasteiger partial charge in [-0.3, -0.25) is 14.2 Å². The lowest BCUT2D eigenvalue weighted by atomic mass is 9.90. The quantitative estimate of drug-likeness (QED) is 0.540. The summed E-state index contributed by atoms with van der Waals surface area (Å²) in [5, 5.41) is 13.3. The fourth-order valence-electron chi connectivity index (χ4n) is 2.60. The molecule has 0 aliphatic carbocycles. The van der Waals surface area contributed by atoms with Crippen LogP contribution in [0.1, 0.15) is 41.0 Å². The number of nitrogens with zero attached hydrogens (tertiary/aromatic N) is 3. The molecule has 0 bridgehead atoms. The number of amides is 1. The van der Waals surface area contributed by atoms with Crippen LogP contribution in [0, 0.1) is 23.2 Å². The summed E-state index contributed by atoms with van der Waals surface area (Å²) in [6.45, 7) is 10.3. The highest BCUT2D eigenvalue weighted by atomic mass is 32.2. The van der Waals surface area contributed by atoms with Gasteiger partial charge in [-0.25, -0.2) is 4.98 Å². The van der Waals surface area contributed by atoms with Gasteiger partial charge in [0.1, 0.15) is 5.54 Å². The van der Waals surface area contributed by atoms with E-state index < -0.39 is 5.54 Å². The first-order valence-electron chi connectivity index (χ1n) is 9.52. The Morgan fingerprint density at radius 2 is 2.00 bits per heavy atom. The summed E-state index contributed by atoms with van der Waals surface area (Å²) in [4.78, 5) is 30.0. The van der Waals surface area contributed by atoms with Crippen molar-refractivity contribution in [3.63, 3.8) is 0 Å². The van der Waals surface area contributed by atoms with Crippen molar-refractivity contribution in [2.45, 2.75) is 58.3 Å². The van der Waals surface area contributed by atoms with E-state index in [4.69, 9.17) is 0 Å². The monoisotopic (exact) mass is 400 g/mol. The number of nitriles is 1. The molecule has 0 saturated heterocycles. The molecule has 7 heteroatoms. The molecule has 1 heterocycles. The molecule has 1 amide bonds. The summed E-state index contributed by atoms with van der Waals surface area (Å²) < 4.78 is 1.66. The van der Waals surface area contributed by atoms with Crippen LogP contribution in [0.2, 0.25) is 0 Å². The van der Waals surface area contributed by atoms with Crippen molar-refractivity contribution in [3.05, 3.63) is 34.6 Å². The third-order valence-electron chi connectivity index (χ3n) is 4.88. The molecule has 0 saturated carbocycles. The number of para-hydroxylation sites is 1. The number of carbonyl (C=O) groups is 1. The molecule has 150 valence electrons. The highest BCUT2D eigenvalue weighted by Gasteiger charge is 2.30. The number of fused-ring (bicyclic) bond motifs is 1. The second-order valence-corrected chi connectivity index (χ2v) is 8.80. The van der Waals surface area contributed by atoms with Crippen molar-refractivity contribution in [2.75, 3.05) is 5.75 Å². The standard InChI is InChI=1S/C21H28N4O2S/c1-14(2)10-11-25-19(27)16-8-6-7-9-17(16)23-20(25)28-12-18(26)24-21(5,13-22)15(3)4/h6-9,14-15H,10-12H2,1-5H3,(H,24,26). The van der Waals surface area contributed by atoms with Gasteiger partial charge in [0.2, 0.25) is 5.91 Å². The Morgan fingerprint density at radius 1 is 1.32 bits per heavy atom. The van der Waals surface area contributed by atoms with Crippen LogP contribution >= 0.6 is 11.8 Å². The van der Waals surface area contributed by atoms with E-state index in [9.17, 15) is 14.9 Å². The zero-order valence-electron chi connectivity index (χ0n) is 17.2. The number of hydrogen-bond donors (Lipinski definition) is 1. The lowest BCUT2D eigenvalue weighted by Gasteiger charge is -2.27. The summed E-state index contributed by atoms with van der Waals surface area (Å²) in [7, 11) is 0.